The third-order valence-electron chi connectivity index (χ3n) is 6.73. The van der Waals surface area contributed by atoms with E-state index in [2.05, 4.69) is 34.7 Å². The van der Waals surface area contributed by atoms with Crippen LogP contribution in [0, 0.1) is 25.2 Å². The molecule has 1 heterocycles. The second-order valence-electron chi connectivity index (χ2n) is 9.06. The van der Waals surface area contributed by atoms with Crippen LogP contribution in [0.15, 0.2) is 42.5 Å². The summed E-state index contributed by atoms with van der Waals surface area (Å²) in [5.41, 5.74) is 5.99. The zero-order valence-corrected chi connectivity index (χ0v) is 19.0. The Hall–Kier alpha value is -2.95. The van der Waals surface area contributed by atoms with Gasteiger partial charge in [0.1, 0.15) is 5.82 Å². The fourth-order valence-electron chi connectivity index (χ4n) is 4.28. The monoisotopic (exact) mass is 416 g/mol. The third-order valence-corrected chi connectivity index (χ3v) is 6.73. The van der Waals surface area contributed by atoms with Gasteiger partial charge in [-0.3, -0.25) is 4.79 Å². The molecule has 31 heavy (non-hydrogen) atoms. The number of carbonyl (C=O) groups is 1. The van der Waals surface area contributed by atoms with Gasteiger partial charge in [-0.1, -0.05) is 24.6 Å². The van der Waals surface area contributed by atoms with Gasteiger partial charge in [-0.05, 0) is 74.9 Å². The molecule has 1 atom stereocenters. The number of benzene rings is 2. The number of hydrogen-bond donors (Lipinski definition) is 1. The van der Waals surface area contributed by atoms with E-state index in [1.807, 2.05) is 45.2 Å². The van der Waals surface area contributed by atoms with Crippen molar-refractivity contribution in [3.63, 3.8) is 0 Å². The molecule has 1 aromatic heterocycles. The summed E-state index contributed by atoms with van der Waals surface area (Å²) in [6.45, 7) is 6.88. The number of imidazole rings is 1. The van der Waals surface area contributed by atoms with E-state index in [-0.39, 0.29) is 11.9 Å². The van der Waals surface area contributed by atoms with Crippen molar-refractivity contribution >= 4 is 22.7 Å². The van der Waals surface area contributed by atoms with Crippen LogP contribution >= 0.6 is 0 Å². The molecule has 4 rings (SSSR count). The molecule has 0 unspecified atom stereocenters. The van der Waals surface area contributed by atoms with Gasteiger partial charge in [0.05, 0.1) is 11.0 Å². The van der Waals surface area contributed by atoms with Crippen molar-refractivity contribution in [1.82, 2.24) is 14.5 Å². The second-order valence-corrected chi connectivity index (χ2v) is 9.06. The van der Waals surface area contributed by atoms with Gasteiger partial charge < -0.3 is 14.9 Å². The van der Waals surface area contributed by atoms with Gasteiger partial charge >= 0.3 is 0 Å². The Labute approximate surface area is 184 Å². The molecule has 1 aliphatic rings. The summed E-state index contributed by atoms with van der Waals surface area (Å²) in [5.74, 6) is 1.44. The highest BCUT2D eigenvalue weighted by atomic mass is 16.2. The second kappa shape index (κ2) is 8.66. The molecule has 5 heteroatoms. The summed E-state index contributed by atoms with van der Waals surface area (Å²) >= 11 is 0. The lowest BCUT2D eigenvalue weighted by molar-refractivity contribution is 0.0746. The van der Waals surface area contributed by atoms with Crippen LogP contribution in [0.1, 0.15) is 59.9 Å². The molecule has 3 aromatic rings. The van der Waals surface area contributed by atoms with Crippen molar-refractivity contribution in [2.45, 2.75) is 59.0 Å². The SMILES string of the molecule is Cc1ccc2c(c1)nc(C)n2Cc1ccc(C(=O)N(C)[C@H](C)CC(=N)C2CCC2)cc1. The van der Waals surface area contributed by atoms with Gasteiger partial charge in [-0.25, -0.2) is 4.98 Å². The van der Waals surface area contributed by atoms with E-state index in [4.69, 9.17) is 5.41 Å². The van der Waals surface area contributed by atoms with Crippen molar-refractivity contribution in [3.05, 3.63) is 65.0 Å². The van der Waals surface area contributed by atoms with E-state index in [1.54, 1.807) is 4.90 Å². The maximum atomic E-state index is 13.0. The number of carbonyl (C=O) groups excluding carboxylic acids is 1. The van der Waals surface area contributed by atoms with Crippen LogP contribution in [0.3, 0.4) is 0 Å². The first-order valence-corrected chi connectivity index (χ1v) is 11.2. The highest BCUT2D eigenvalue weighted by molar-refractivity contribution is 5.95. The van der Waals surface area contributed by atoms with E-state index in [1.165, 1.54) is 12.0 Å². The van der Waals surface area contributed by atoms with Gasteiger partial charge in [0.15, 0.2) is 0 Å². The standard InChI is InChI=1S/C26H32N4O/c1-17-8-13-25-24(14-17)28-19(3)30(25)16-20-9-11-22(12-10-20)26(31)29(4)18(2)15-23(27)21-6-5-7-21/h8-14,18,21,27H,5-7,15-16H2,1-4H3/t18-/m1/s1. The highest BCUT2D eigenvalue weighted by Crippen LogP contribution is 2.29. The van der Waals surface area contributed by atoms with Crippen molar-refractivity contribution in [2.24, 2.45) is 5.92 Å². The van der Waals surface area contributed by atoms with Gasteiger partial charge in [-0.2, -0.15) is 0 Å². The number of aryl methyl sites for hydroxylation is 2. The zero-order valence-electron chi connectivity index (χ0n) is 19.0. The van der Waals surface area contributed by atoms with E-state index in [9.17, 15) is 4.79 Å². The summed E-state index contributed by atoms with van der Waals surface area (Å²) in [6.07, 6.45) is 4.17. The van der Waals surface area contributed by atoms with Crippen LogP contribution in [-0.2, 0) is 6.54 Å². The molecule has 2 aromatic carbocycles. The molecule has 1 saturated carbocycles. The zero-order chi connectivity index (χ0) is 22.1. The van der Waals surface area contributed by atoms with E-state index >= 15 is 0 Å². The topological polar surface area (TPSA) is 62.0 Å². The number of nitrogens with one attached hydrogen (secondary N) is 1. The summed E-state index contributed by atoms with van der Waals surface area (Å²) in [6, 6.07) is 14.3. The van der Waals surface area contributed by atoms with Crippen LogP contribution in [-0.4, -0.2) is 39.2 Å². The fourth-order valence-corrected chi connectivity index (χ4v) is 4.28. The van der Waals surface area contributed by atoms with Gasteiger partial charge in [-0.15, -0.1) is 0 Å². The third kappa shape index (κ3) is 4.41. The molecular weight excluding hydrogens is 384 g/mol. The van der Waals surface area contributed by atoms with Gasteiger partial charge in [0.25, 0.3) is 5.91 Å². The van der Waals surface area contributed by atoms with Gasteiger partial charge in [0.2, 0.25) is 0 Å². The Morgan fingerprint density at radius 1 is 1.19 bits per heavy atom. The fraction of sp³-hybridized carbons (Fsp3) is 0.423. The quantitative estimate of drug-likeness (QED) is 0.526. The van der Waals surface area contributed by atoms with Gasteiger partial charge in [0, 0.05) is 37.3 Å². The number of amides is 1. The first-order valence-electron chi connectivity index (χ1n) is 11.2. The number of hydrogen-bond acceptors (Lipinski definition) is 3. The predicted octanol–water partition coefficient (Wildman–Crippen LogP) is 5.37. The molecule has 5 nitrogen and oxygen atoms in total. The lowest BCUT2D eigenvalue weighted by Gasteiger charge is -2.31. The predicted molar refractivity (Wildman–Crippen MR) is 126 cm³/mol. The van der Waals surface area contributed by atoms with Crippen molar-refractivity contribution in [1.29, 1.82) is 5.41 Å². The molecular formula is C26H32N4O. The average Bonchev–Trinajstić information content (AvgIpc) is 3.00. The molecule has 1 amide bonds. The minimum atomic E-state index is 0.0141. The molecule has 0 aliphatic heterocycles. The van der Waals surface area contributed by atoms with Crippen LogP contribution in [0.25, 0.3) is 11.0 Å². The molecule has 1 aliphatic carbocycles. The van der Waals surface area contributed by atoms with E-state index in [0.717, 1.165) is 47.5 Å². The maximum Gasteiger partial charge on any atom is 0.253 e. The normalized spacial score (nSPS) is 15.0. The first-order chi connectivity index (χ1) is 14.8. The Morgan fingerprint density at radius 2 is 1.90 bits per heavy atom. The van der Waals surface area contributed by atoms with E-state index < -0.39 is 0 Å². The summed E-state index contributed by atoms with van der Waals surface area (Å²) < 4.78 is 2.21. The molecule has 0 saturated heterocycles. The minimum Gasteiger partial charge on any atom is -0.339 e. The van der Waals surface area contributed by atoms with Crippen molar-refractivity contribution in [3.8, 4) is 0 Å². The molecule has 0 spiro atoms. The van der Waals surface area contributed by atoms with Crippen molar-refractivity contribution in [2.75, 3.05) is 7.05 Å². The van der Waals surface area contributed by atoms with Crippen LogP contribution < -0.4 is 0 Å². The van der Waals surface area contributed by atoms with E-state index in [0.29, 0.717) is 17.9 Å². The summed E-state index contributed by atoms with van der Waals surface area (Å²) in [4.78, 5) is 19.4. The van der Waals surface area contributed by atoms with Crippen LogP contribution in [0.2, 0.25) is 0 Å². The Bertz CT molecular complexity index is 1110. The first kappa shape index (κ1) is 21.3. The highest BCUT2D eigenvalue weighted by Gasteiger charge is 2.25. The summed E-state index contributed by atoms with van der Waals surface area (Å²) in [5, 5.41) is 8.28. The molecule has 1 N–H and O–H groups in total. The van der Waals surface area contributed by atoms with Crippen LogP contribution in [0.5, 0.6) is 0 Å². The number of rotatable bonds is 7. The Kier molecular flexibility index (Phi) is 5.94. The number of aromatic nitrogens is 2. The molecule has 1 fully saturated rings. The lowest BCUT2D eigenvalue weighted by Crippen LogP contribution is -2.38. The number of fused-ring (bicyclic) bond motifs is 1. The summed E-state index contributed by atoms with van der Waals surface area (Å²) in [7, 11) is 1.85. The average molecular weight is 417 g/mol. The number of nitrogens with zero attached hydrogens (tertiary/aromatic N) is 3. The molecule has 0 radical (unpaired) electrons. The molecule has 0 bridgehead atoms. The minimum absolute atomic E-state index is 0.0141. The smallest absolute Gasteiger partial charge is 0.253 e. The molecule has 162 valence electrons. The van der Waals surface area contributed by atoms with Crippen LogP contribution in [0.4, 0.5) is 0 Å². The largest absolute Gasteiger partial charge is 0.339 e. The Morgan fingerprint density at radius 3 is 2.55 bits per heavy atom. The lowest BCUT2D eigenvalue weighted by atomic mass is 9.80. The van der Waals surface area contributed by atoms with Crippen molar-refractivity contribution < 1.29 is 4.79 Å². The maximum absolute atomic E-state index is 13.0. The Balaban J connectivity index is 1.43.